The second kappa shape index (κ2) is 8.57. The standard InChI is InChI=1S/C23H30N2O3S/c1-17-7-8-19(3)22(14-17)25(29(4,27)28)16-20-9-11-21(12-10-20)23(26)24-13-5-6-18(2)15-24/h7-12,14,18H,5-6,13,15-16H2,1-4H3/t18-/m0/s1. The molecule has 29 heavy (non-hydrogen) atoms. The molecule has 0 unspecified atom stereocenters. The van der Waals surface area contributed by atoms with E-state index >= 15 is 0 Å². The number of rotatable bonds is 5. The van der Waals surface area contributed by atoms with E-state index in [1.807, 2.05) is 49.1 Å². The summed E-state index contributed by atoms with van der Waals surface area (Å²) in [5, 5.41) is 0. The van der Waals surface area contributed by atoms with Gasteiger partial charge in [-0.05, 0) is 67.5 Å². The number of nitrogens with zero attached hydrogens (tertiary/aromatic N) is 2. The minimum Gasteiger partial charge on any atom is -0.338 e. The molecule has 0 aromatic heterocycles. The van der Waals surface area contributed by atoms with Gasteiger partial charge in [0.05, 0.1) is 18.5 Å². The zero-order valence-electron chi connectivity index (χ0n) is 17.7. The van der Waals surface area contributed by atoms with E-state index in [0.717, 1.165) is 36.2 Å². The average Bonchev–Trinajstić information content (AvgIpc) is 2.67. The van der Waals surface area contributed by atoms with Gasteiger partial charge >= 0.3 is 0 Å². The quantitative estimate of drug-likeness (QED) is 0.739. The molecule has 1 heterocycles. The van der Waals surface area contributed by atoms with Crippen molar-refractivity contribution in [3.05, 3.63) is 64.7 Å². The van der Waals surface area contributed by atoms with Crippen LogP contribution < -0.4 is 4.31 Å². The molecule has 6 heteroatoms. The van der Waals surface area contributed by atoms with E-state index in [2.05, 4.69) is 6.92 Å². The number of hydrogen-bond donors (Lipinski definition) is 0. The third kappa shape index (κ3) is 5.18. The summed E-state index contributed by atoms with van der Waals surface area (Å²) in [6.45, 7) is 7.88. The van der Waals surface area contributed by atoms with E-state index in [9.17, 15) is 13.2 Å². The molecule has 1 fully saturated rings. The fourth-order valence-electron chi connectivity index (χ4n) is 3.84. The zero-order valence-corrected chi connectivity index (χ0v) is 18.5. The molecule has 1 saturated heterocycles. The summed E-state index contributed by atoms with van der Waals surface area (Å²) < 4.78 is 26.4. The lowest BCUT2D eigenvalue weighted by Gasteiger charge is -2.31. The van der Waals surface area contributed by atoms with Gasteiger partial charge in [-0.1, -0.05) is 31.2 Å². The summed E-state index contributed by atoms with van der Waals surface area (Å²) in [6, 6.07) is 13.1. The second-order valence-corrected chi connectivity index (χ2v) is 10.2. The van der Waals surface area contributed by atoms with Crippen LogP contribution in [0.5, 0.6) is 0 Å². The summed E-state index contributed by atoms with van der Waals surface area (Å²) >= 11 is 0. The Morgan fingerprint density at radius 2 is 1.83 bits per heavy atom. The van der Waals surface area contributed by atoms with Crippen molar-refractivity contribution in [2.24, 2.45) is 5.92 Å². The number of hydrogen-bond acceptors (Lipinski definition) is 3. The highest BCUT2D eigenvalue weighted by Gasteiger charge is 2.23. The first kappa shape index (κ1) is 21.4. The van der Waals surface area contributed by atoms with E-state index < -0.39 is 10.0 Å². The third-order valence-electron chi connectivity index (χ3n) is 5.50. The fourth-order valence-corrected chi connectivity index (χ4v) is 4.78. The molecule has 2 aromatic rings. The maximum atomic E-state index is 12.8. The van der Waals surface area contributed by atoms with Gasteiger partial charge in [0.15, 0.2) is 0 Å². The average molecular weight is 415 g/mol. The molecule has 0 aliphatic carbocycles. The Bertz CT molecular complexity index is 984. The highest BCUT2D eigenvalue weighted by Crippen LogP contribution is 2.26. The summed E-state index contributed by atoms with van der Waals surface area (Å²) in [6.07, 6.45) is 3.44. The molecule has 156 valence electrons. The summed E-state index contributed by atoms with van der Waals surface area (Å²) in [5.74, 6) is 0.588. The topological polar surface area (TPSA) is 57.7 Å². The first-order valence-corrected chi connectivity index (χ1v) is 11.9. The van der Waals surface area contributed by atoms with Crippen molar-refractivity contribution in [2.45, 2.75) is 40.2 Å². The lowest BCUT2D eigenvalue weighted by molar-refractivity contribution is 0.0683. The van der Waals surface area contributed by atoms with Gasteiger partial charge in [-0.2, -0.15) is 0 Å². The summed E-state index contributed by atoms with van der Waals surface area (Å²) in [7, 11) is -3.45. The van der Waals surface area contributed by atoms with Crippen molar-refractivity contribution in [3.63, 3.8) is 0 Å². The third-order valence-corrected chi connectivity index (χ3v) is 6.63. The molecule has 1 amide bonds. The predicted molar refractivity (Wildman–Crippen MR) is 118 cm³/mol. The molecule has 1 aliphatic heterocycles. The monoisotopic (exact) mass is 414 g/mol. The molecule has 1 atom stereocenters. The normalized spacial score (nSPS) is 17.2. The van der Waals surface area contributed by atoms with Crippen molar-refractivity contribution < 1.29 is 13.2 Å². The second-order valence-electron chi connectivity index (χ2n) is 8.26. The van der Waals surface area contributed by atoms with Crippen molar-refractivity contribution in [3.8, 4) is 0 Å². The summed E-state index contributed by atoms with van der Waals surface area (Å²) in [4.78, 5) is 14.7. The van der Waals surface area contributed by atoms with Crippen molar-refractivity contribution in [1.29, 1.82) is 0 Å². The zero-order chi connectivity index (χ0) is 21.2. The molecule has 0 saturated carbocycles. The molecule has 2 aromatic carbocycles. The number of piperidine rings is 1. The maximum absolute atomic E-state index is 12.8. The number of anilines is 1. The Labute approximate surface area is 174 Å². The lowest BCUT2D eigenvalue weighted by atomic mass is 9.99. The highest BCUT2D eigenvalue weighted by molar-refractivity contribution is 7.92. The fraction of sp³-hybridized carbons (Fsp3) is 0.435. The van der Waals surface area contributed by atoms with Gasteiger partial charge in [-0.15, -0.1) is 0 Å². The first-order valence-electron chi connectivity index (χ1n) is 10.1. The Hall–Kier alpha value is -2.34. The molecule has 0 spiro atoms. The first-order chi connectivity index (χ1) is 13.6. The van der Waals surface area contributed by atoms with Crippen LogP contribution >= 0.6 is 0 Å². The smallest absolute Gasteiger partial charge is 0.253 e. The van der Waals surface area contributed by atoms with Crippen molar-refractivity contribution >= 4 is 21.6 Å². The van der Waals surface area contributed by atoms with E-state index in [1.54, 1.807) is 12.1 Å². The molecule has 0 radical (unpaired) electrons. The Morgan fingerprint density at radius 1 is 1.14 bits per heavy atom. The van der Waals surface area contributed by atoms with Crippen LogP contribution in [-0.2, 0) is 16.6 Å². The number of carbonyl (C=O) groups is 1. The molecular weight excluding hydrogens is 384 g/mol. The van der Waals surface area contributed by atoms with E-state index in [4.69, 9.17) is 0 Å². The van der Waals surface area contributed by atoms with Gasteiger partial charge in [0.2, 0.25) is 10.0 Å². The van der Waals surface area contributed by atoms with Gasteiger partial charge in [-0.3, -0.25) is 9.10 Å². The number of sulfonamides is 1. The highest BCUT2D eigenvalue weighted by atomic mass is 32.2. The van der Waals surface area contributed by atoms with Crippen molar-refractivity contribution in [1.82, 2.24) is 4.90 Å². The van der Waals surface area contributed by atoms with Gasteiger partial charge in [0.1, 0.15) is 0 Å². The summed E-state index contributed by atoms with van der Waals surface area (Å²) in [5.41, 5.74) is 4.11. The van der Waals surface area contributed by atoms with Crippen LogP contribution in [0, 0.1) is 19.8 Å². The van der Waals surface area contributed by atoms with Crippen LogP contribution in [0.15, 0.2) is 42.5 Å². The number of benzene rings is 2. The predicted octanol–water partition coefficient (Wildman–Crippen LogP) is 4.14. The molecule has 0 N–H and O–H groups in total. The molecule has 3 rings (SSSR count). The lowest BCUT2D eigenvalue weighted by Crippen LogP contribution is -2.39. The van der Waals surface area contributed by atoms with Crippen LogP contribution in [-0.4, -0.2) is 38.6 Å². The number of amides is 1. The van der Waals surface area contributed by atoms with Gasteiger partial charge in [0.25, 0.3) is 5.91 Å². The minimum absolute atomic E-state index is 0.0533. The van der Waals surface area contributed by atoms with Crippen LogP contribution in [0.25, 0.3) is 0 Å². The minimum atomic E-state index is -3.45. The van der Waals surface area contributed by atoms with Gasteiger partial charge in [0, 0.05) is 18.7 Å². The van der Waals surface area contributed by atoms with Crippen LogP contribution in [0.1, 0.15) is 46.8 Å². The van der Waals surface area contributed by atoms with Crippen molar-refractivity contribution in [2.75, 3.05) is 23.7 Å². The number of carbonyl (C=O) groups excluding carboxylic acids is 1. The van der Waals surface area contributed by atoms with Gasteiger partial charge < -0.3 is 4.90 Å². The molecular formula is C23H30N2O3S. The van der Waals surface area contributed by atoms with E-state index in [1.165, 1.54) is 17.0 Å². The maximum Gasteiger partial charge on any atom is 0.253 e. The molecule has 1 aliphatic rings. The Kier molecular flexibility index (Phi) is 6.32. The largest absolute Gasteiger partial charge is 0.338 e. The number of likely N-dealkylation sites (tertiary alicyclic amines) is 1. The van der Waals surface area contributed by atoms with Crippen LogP contribution in [0.4, 0.5) is 5.69 Å². The molecule has 0 bridgehead atoms. The Morgan fingerprint density at radius 3 is 2.45 bits per heavy atom. The van der Waals surface area contributed by atoms with E-state index in [-0.39, 0.29) is 12.5 Å². The van der Waals surface area contributed by atoms with Crippen LogP contribution in [0.3, 0.4) is 0 Å². The van der Waals surface area contributed by atoms with E-state index in [0.29, 0.717) is 17.2 Å². The SMILES string of the molecule is Cc1ccc(C)c(N(Cc2ccc(C(=O)N3CCC[C@H](C)C3)cc2)S(C)(=O)=O)c1. The molecule has 5 nitrogen and oxygen atoms in total. The van der Waals surface area contributed by atoms with Gasteiger partial charge in [-0.25, -0.2) is 8.42 Å². The number of aryl methyl sites for hydroxylation is 2. The van der Waals surface area contributed by atoms with Crippen LogP contribution in [0.2, 0.25) is 0 Å². The Balaban J connectivity index is 1.81.